The van der Waals surface area contributed by atoms with Crippen molar-refractivity contribution in [3.63, 3.8) is 0 Å². The second-order valence-corrected chi connectivity index (χ2v) is 4.15. The molecule has 108 valence electrons. The Morgan fingerprint density at radius 3 is 2.60 bits per heavy atom. The first kappa shape index (κ1) is 14.3. The molecule has 1 aliphatic heterocycles. The fraction of sp³-hybridized carbons (Fsp3) is 0.333. The third-order valence-electron chi connectivity index (χ3n) is 2.84. The van der Waals surface area contributed by atoms with E-state index in [9.17, 15) is 22.8 Å². The number of para-hydroxylation sites is 1. The van der Waals surface area contributed by atoms with E-state index in [-0.39, 0.29) is 6.61 Å². The molecule has 1 atom stereocenters. The Hall–Kier alpha value is -2.09. The van der Waals surface area contributed by atoms with Crippen LogP contribution < -0.4 is 4.90 Å². The second kappa shape index (κ2) is 5.12. The number of carboxylic acids is 1. The number of carboxylic acid groups (broad SMARTS) is 1. The van der Waals surface area contributed by atoms with Crippen LogP contribution in [-0.4, -0.2) is 36.2 Å². The smallest absolute Gasteiger partial charge is 0.418 e. The van der Waals surface area contributed by atoms with Crippen LogP contribution in [0.15, 0.2) is 24.3 Å². The topological polar surface area (TPSA) is 66.8 Å². The van der Waals surface area contributed by atoms with Gasteiger partial charge >= 0.3 is 12.1 Å². The Kier molecular flexibility index (Phi) is 3.67. The van der Waals surface area contributed by atoms with Gasteiger partial charge in [0.25, 0.3) is 5.91 Å². The number of carbonyl (C=O) groups excluding carboxylic acids is 1. The third kappa shape index (κ3) is 2.60. The van der Waals surface area contributed by atoms with E-state index < -0.39 is 42.0 Å². The summed E-state index contributed by atoms with van der Waals surface area (Å²) in [6, 6.07) is 2.89. The fourth-order valence-corrected chi connectivity index (χ4v) is 1.98. The molecule has 0 radical (unpaired) electrons. The normalized spacial score (nSPS) is 20.1. The first-order valence-corrected chi connectivity index (χ1v) is 5.61. The average molecular weight is 289 g/mol. The Balaban J connectivity index is 2.52. The Bertz CT molecular complexity index is 544. The lowest BCUT2D eigenvalue weighted by Crippen LogP contribution is -2.54. The van der Waals surface area contributed by atoms with Gasteiger partial charge in [0.1, 0.15) is 6.61 Å². The molecule has 0 spiro atoms. The predicted octanol–water partition coefficient (Wildman–Crippen LogP) is 1.52. The number of aliphatic carboxylic acids is 1. The lowest BCUT2D eigenvalue weighted by Gasteiger charge is -2.34. The van der Waals surface area contributed by atoms with Gasteiger partial charge in [-0.15, -0.1) is 0 Å². The van der Waals surface area contributed by atoms with Gasteiger partial charge in [0, 0.05) is 0 Å². The highest BCUT2D eigenvalue weighted by atomic mass is 19.4. The molecular formula is C12H10F3NO4. The number of morpholine rings is 1. The van der Waals surface area contributed by atoms with Crippen molar-refractivity contribution in [2.24, 2.45) is 0 Å². The summed E-state index contributed by atoms with van der Waals surface area (Å²) in [5.74, 6) is -2.24. The van der Waals surface area contributed by atoms with Crippen molar-refractivity contribution in [3.05, 3.63) is 29.8 Å². The molecule has 0 aliphatic carbocycles. The second-order valence-electron chi connectivity index (χ2n) is 4.15. The van der Waals surface area contributed by atoms with Gasteiger partial charge in [-0.25, -0.2) is 4.79 Å². The maximum absolute atomic E-state index is 12.9. The minimum atomic E-state index is -4.68. The number of hydrogen-bond donors (Lipinski definition) is 1. The maximum Gasteiger partial charge on any atom is 0.418 e. The van der Waals surface area contributed by atoms with Crippen LogP contribution >= 0.6 is 0 Å². The molecule has 8 heteroatoms. The monoisotopic (exact) mass is 289 g/mol. The van der Waals surface area contributed by atoms with Crippen LogP contribution in [0.2, 0.25) is 0 Å². The number of amides is 1. The van der Waals surface area contributed by atoms with Crippen molar-refractivity contribution in [2.75, 3.05) is 18.1 Å². The Labute approximate surface area is 111 Å². The first-order valence-electron chi connectivity index (χ1n) is 5.61. The van der Waals surface area contributed by atoms with Crippen molar-refractivity contribution in [1.82, 2.24) is 0 Å². The summed E-state index contributed by atoms with van der Waals surface area (Å²) in [7, 11) is 0. The number of halogens is 3. The number of nitrogens with zero attached hydrogens (tertiary/aromatic N) is 1. The van der Waals surface area contributed by atoms with Crippen molar-refractivity contribution in [1.29, 1.82) is 0 Å². The van der Waals surface area contributed by atoms with Gasteiger partial charge in [-0.2, -0.15) is 13.2 Å². The Morgan fingerprint density at radius 2 is 2.00 bits per heavy atom. The zero-order valence-corrected chi connectivity index (χ0v) is 10.1. The molecule has 1 heterocycles. The van der Waals surface area contributed by atoms with E-state index in [1.807, 2.05) is 0 Å². The molecule has 1 aliphatic rings. The molecule has 2 rings (SSSR count). The van der Waals surface area contributed by atoms with E-state index in [1.54, 1.807) is 0 Å². The van der Waals surface area contributed by atoms with Gasteiger partial charge in [-0.1, -0.05) is 12.1 Å². The highest BCUT2D eigenvalue weighted by Crippen LogP contribution is 2.37. The molecule has 1 amide bonds. The lowest BCUT2D eigenvalue weighted by molar-refractivity contribution is -0.146. The molecular weight excluding hydrogens is 279 g/mol. The molecule has 1 saturated heterocycles. The van der Waals surface area contributed by atoms with Crippen molar-refractivity contribution < 1.29 is 32.6 Å². The number of hydrogen-bond acceptors (Lipinski definition) is 3. The first-order chi connectivity index (χ1) is 9.32. The SMILES string of the molecule is O=C(O)C1COCC(=O)N1c1ccccc1C(F)(F)F. The maximum atomic E-state index is 12.9. The van der Waals surface area contributed by atoms with Crippen LogP contribution in [0.3, 0.4) is 0 Å². The highest BCUT2D eigenvalue weighted by molar-refractivity contribution is 6.01. The van der Waals surface area contributed by atoms with Crippen LogP contribution in [0.4, 0.5) is 18.9 Å². The van der Waals surface area contributed by atoms with Crippen molar-refractivity contribution in [3.8, 4) is 0 Å². The highest BCUT2D eigenvalue weighted by Gasteiger charge is 2.41. The van der Waals surface area contributed by atoms with Crippen LogP contribution in [0, 0.1) is 0 Å². The molecule has 20 heavy (non-hydrogen) atoms. The van der Waals surface area contributed by atoms with Gasteiger partial charge < -0.3 is 9.84 Å². The van der Waals surface area contributed by atoms with Gasteiger partial charge in [-0.05, 0) is 12.1 Å². The van der Waals surface area contributed by atoms with Gasteiger partial charge in [0.2, 0.25) is 0 Å². The summed E-state index contributed by atoms with van der Waals surface area (Å²) in [5, 5.41) is 9.03. The quantitative estimate of drug-likeness (QED) is 0.896. The standard InChI is InChI=1S/C12H10F3NO4/c13-12(14,15)7-3-1-2-4-8(7)16-9(11(18)19)5-20-6-10(16)17/h1-4,9H,5-6H2,(H,18,19). The van der Waals surface area contributed by atoms with Gasteiger partial charge in [-0.3, -0.25) is 9.69 Å². The summed E-state index contributed by atoms with van der Waals surface area (Å²) >= 11 is 0. The third-order valence-corrected chi connectivity index (χ3v) is 2.84. The predicted molar refractivity (Wildman–Crippen MR) is 61.2 cm³/mol. The lowest BCUT2D eigenvalue weighted by atomic mass is 10.1. The zero-order valence-electron chi connectivity index (χ0n) is 10.1. The molecule has 1 aromatic rings. The zero-order chi connectivity index (χ0) is 14.9. The van der Waals surface area contributed by atoms with E-state index in [0.717, 1.165) is 12.1 Å². The fourth-order valence-electron chi connectivity index (χ4n) is 1.98. The minimum absolute atomic E-state index is 0.354. The number of carbonyl (C=O) groups is 2. The van der Waals surface area contributed by atoms with Crippen LogP contribution in [0.25, 0.3) is 0 Å². The van der Waals surface area contributed by atoms with Crippen molar-refractivity contribution >= 4 is 17.6 Å². The van der Waals surface area contributed by atoms with Gasteiger partial charge in [0.15, 0.2) is 6.04 Å². The van der Waals surface area contributed by atoms with E-state index in [1.165, 1.54) is 12.1 Å². The molecule has 0 bridgehead atoms. The number of ether oxygens (including phenoxy) is 1. The van der Waals surface area contributed by atoms with Crippen LogP contribution in [0.5, 0.6) is 0 Å². The molecule has 0 saturated carbocycles. The molecule has 1 N–H and O–H groups in total. The minimum Gasteiger partial charge on any atom is -0.480 e. The molecule has 1 fully saturated rings. The number of anilines is 1. The summed E-state index contributed by atoms with van der Waals surface area (Å²) in [6.07, 6.45) is -4.68. The van der Waals surface area contributed by atoms with E-state index >= 15 is 0 Å². The number of benzene rings is 1. The molecule has 5 nitrogen and oxygen atoms in total. The molecule has 0 aromatic heterocycles. The van der Waals surface area contributed by atoms with E-state index in [2.05, 4.69) is 0 Å². The molecule has 1 unspecified atom stereocenters. The summed E-state index contributed by atoms with van der Waals surface area (Å²) < 4.78 is 43.6. The molecule has 1 aromatic carbocycles. The Morgan fingerprint density at radius 1 is 1.35 bits per heavy atom. The summed E-state index contributed by atoms with van der Waals surface area (Å²) in [4.78, 5) is 23.5. The van der Waals surface area contributed by atoms with Gasteiger partial charge in [0.05, 0.1) is 17.9 Å². The number of alkyl halides is 3. The summed E-state index contributed by atoms with van der Waals surface area (Å²) in [5.41, 5.74) is -1.53. The summed E-state index contributed by atoms with van der Waals surface area (Å²) in [6.45, 7) is -0.802. The number of rotatable bonds is 2. The largest absolute Gasteiger partial charge is 0.480 e. The van der Waals surface area contributed by atoms with Crippen molar-refractivity contribution in [2.45, 2.75) is 12.2 Å². The van der Waals surface area contributed by atoms with Crippen LogP contribution in [-0.2, 0) is 20.5 Å². The van der Waals surface area contributed by atoms with E-state index in [4.69, 9.17) is 9.84 Å². The average Bonchev–Trinajstić information content (AvgIpc) is 2.37. The van der Waals surface area contributed by atoms with E-state index in [0.29, 0.717) is 4.90 Å². The van der Waals surface area contributed by atoms with Crippen LogP contribution in [0.1, 0.15) is 5.56 Å².